The zero-order chi connectivity index (χ0) is 19.9. The van der Waals surface area contributed by atoms with Crippen LogP contribution < -0.4 is 15.4 Å². The number of ether oxygens (including phenoxy) is 1. The Morgan fingerprint density at radius 3 is 2.64 bits per heavy atom. The van der Waals surface area contributed by atoms with E-state index in [-0.39, 0.29) is 35.8 Å². The molecule has 0 saturated carbocycles. The lowest BCUT2D eigenvalue weighted by atomic mass is 10.2. The highest BCUT2D eigenvalue weighted by atomic mass is 127. The molecule has 1 aromatic carbocycles. The summed E-state index contributed by atoms with van der Waals surface area (Å²) in [6.45, 7) is 2.71. The van der Waals surface area contributed by atoms with E-state index in [2.05, 4.69) is 25.7 Å². The number of hydrogen-bond donors (Lipinski definition) is 2. The van der Waals surface area contributed by atoms with E-state index in [1.807, 2.05) is 6.92 Å². The monoisotopic (exact) mass is 512 g/mol. The van der Waals surface area contributed by atoms with Gasteiger partial charge in [-0.25, -0.2) is 4.98 Å². The highest BCUT2D eigenvalue weighted by Crippen LogP contribution is 2.31. The Morgan fingerprint density at radius 1 is 1.32 bits per heavy atom. The maximum absolute atomic E-state index is 12.8. The van der Waals surface area contributed by atoms with Gasteiger partial charge in [0.15, 0.2) is 5.96 Å². The van der Waals surface area contributed by atoms with Crippen molar-refractivity contribution in [3.8, 4) is 5.75 Å². The zero-order valence-corrected chi connectivity index (χ0v) is 18.2. The predicted octanol–water partition coefficient (Wildman–Crippen LogP) is 2.97. The van der Waals surface area contributed by atoms with Crippen molar-refractivity contribution in [1.82, 2.24) is 25.4 Å². The molecule has 28 heavy (non-hydrogen) atoms. The van der Waals surface area contributed by atoms with Crippen LogP contribution in [0.2, 0.25) is 0 Å². The Balaban J connectivity index is 0.00000392. The fourth-order valence-electron chi connectivity index (χ4n) is 2.28. The van der Waals surface area contributed by atoms with E-state index in [0.29, 0.717) is 25.5 Å². The fourth-order valence-corrected chi connectivity index (χ4v) is 2.28. The third-order valence-electron chi connectivity index (χ3n) is 3.86. The van der Waals surface area contributed by atoms with Crippen molar-refractivity contribution in [3.63, 3.8) is 0 Å². The second kappa shape index (κ2) is 11.1. The number of rotatable bonds is 7. The van der Waals surface area contributed by atoms with E-state index < -0.39 is 11.7 Å². The molecule has 0 radical (unpaired) electrons. The van der Waals surface area contributed by atoms with Crippen molar-refractivity contribution >= 4 is 29.9 Å². The van der Waals surface area contributed by atoms with Crippen molar-refractivity contribution in [1.29, 1.82) is 0 Å². The molecule has 1 atom stereocenters. The van der Waals surface area contributed by atoms with E-state index in [0.717, 1.165) is 18.0 Å². The standard InChI is InChI=1S/C17H23F3N6O.HI/c1-4-13(27-14-7-5-6-12(8-14)17(18,19)20)9-22-16(21-2)23-10-15-24-11-25-26(15)3;/h5-8,11,13H,4,9-10H2,1-3H3,(H2,21,22,23);1H. The Kier molecular flexibility index (Phi) is 9.49. The second-order valence-electron chi connectivity index (χ2n) is 5.78. The minimum Gasteiger partial charge on any atom is -0.489 e. The number of alkyl halides is 3. The first-order valence-electron chi connectivity index (χ1n) is 8.44. The number of nitrogens with one attached hydrogen (secondary N) is 2. The van der Waals surface area contributed by atoms with Gasteiger partial charge in [0, 0.05) is 14.1 Å². The molecule has 2 rings (SSSR count). The Bertz CT molecular complexity index is 765. The summed E-state index contributed by atoms with van der Waals surface area (Å²) in [5.74, 6) is 1.45. The van der Waals surface area contributed by atoms with Gasteiger partial charge in [0.2, 0.25) is 0 Å². The smallest absolute Gasteiger partial charge is 0.416 e. The van der Waals surface area contributed by atoms with Gasteiger partial charge >= 0.3 is 6.18 Å². The van der Waals surface area contributed by atoms with Crippen LogP contribution in [0.4, 0.5) is 13.2 Å². The zero-order valence-electron chi connectivity index (χ0n) is 15.8. The van der Waals surface area contributed by atoms with Gasteiger partial charge in [0.25, 0.3) is 0 Å². The van der Waals surface area contributed by atoms with Gasteiger partial charge in [-0.2, -0.15) is 18.3 Å². The molecule has 156 valence electrons. The molecule has 2 aromatic rings. The molecule has 0 fully saturated rings. The summed E-state index contributed by atoms with van der Waals surface area (Å²) in [5, 5.41) is 10.2. The van der Waals surface area contributed by atoms with Gasteiger partial charge in [-0.05, 0) is 24.6 Å². The molecule has 1 heterocycles. The lowest BCUT2D eigenvalue weighted by Gasteiger charge is -2.20. The molecular formula is C17H24F3IN6O. The van der Waals surface area contributed by atoms with E-state index in [4.69, 9.17) is 4.74 Å². The van der Waals surface area contributed by atoms with E-state index in [1.165, 1.54) is 18.5 Å². The summed E-state index contributed by atoms with van der Waals surface area (Å²) >= 11 is 0. The summed E-state index contributed by atoms with van der Waals surface area (Å²) in [7, 11) is 3.41. The summed E-state index contributed by atoms with van der Waals surface area (Å²) in [6, 6.07) is 4.87. The quantitative estimate of drug-likeness (QED) is 0.339. The Labute approximate surface area is 178 Å². The molecule has 1 aromatic heterocycles. The van der Waals surface area contributed by atoms with E-state index in [1.54, 1.807) is 18.8 Å². The largest absolute Gasteiger partial charge is 0.489 e. The fraction of sp³-hybridized carbons (Fsp3) is 0.471. The van der Waals surface area contributed by atoms with Gasteiger partial charge in [-0.1, -0.05) is 13.0 Å². The summed E-state index contributed by atoms with van der Waals surface area (Å²) < 4.78 is 45.8. The summed E-state index contributed by atoms with van der Waals surface area (Å²) in [6.07, 6.45) is -2.64. The van der Waals surface area contributed by atoms with Gasteiger partial charge in [-0.15, -0.1) is 24.0 Å². The first-order valence-corrected chi connectivity index (χ1v) is 8.44. The number of aryl methyl sites for hydroxylation is 1. The van der Waals surface area contributed by atoms with Crippen LogP contribution in [0.25, 0.3) is 0 Å². The van der Waals surface area contributed by atoms with Crippen LogP contribution in [0.3, 0.4) is 0 Å². The van der Waals surface area contributed by atoms with Crippen LogP contribution in [0.15, 0.2) is 35.6 Å². The first kappa shape index (κ1) is 24.0. The number of benzene rings is 1. The topological polar surface area (TPSA) is 76.4 Å². The van der Waals surface area contributed by atoms with Gasteiger partial charge in [0.05, 0.1) is 18.7 Å². The Hall–Kier alpha value is -2.05. The summed E-state index contributed by atoms with van der Waals surface area (Å²) in [5.41, 5.74) is -0.732. The molecule has 0 saturated heterocycles. The normalized spacial score (nSPS) is 12.9. The van der Waals surface area contributed by atoms with Crippen molar-refractivity contribution in [2.75, 3.05) is 13.6 Å². The molecule has 0 aliphatic rings. The molecule has 1 unspecified atom stereocenters. The van der Waals surface area contributed by atoms with Crippen LogP contribution in [0, 0.1) is 0 Å². The highest BCUT2D eigenvalue weighted by Gasteiger charge is 2.30. The van der Waals surface area contributed by atoms with E-state index in [9.17, 15) is 13.2 Å². The molecule has 7 nitrogen and oxygen atoms in total. The molecule has 0 amide bonds. The Morgan fingerprint density at radius 2 is 2.07 bits per heavy atom. The van der Waals surface area contributed by atoms with Crippen molar-refractivity contribution in [2.45, 2.75) is 32.2 Å². The van der Waals surface area contributed by atoms with Crippen LogP contribution >= 0.6 is 24.0 Å². The SMILES string of the molecule is CCC(CNC(=NC)NCc1ncnn1C)Oc1cccc(C(F)(F)F)c1.I. The average molecular weight is 512 g/mol. The number of aromatic nitrogens is 3. The van der Waals surface area contributed by atoms with Crippen molar-refractivity contribution < 1.29 is 17.9 Å². The average Bonchev–Trinajstić information content (AvgIpc) is 3.05. The summed E-state index contributed by atoms with van der Waals surface area (Å²) in [4.78, 5) is 8.22. The molecule has 2 N–H and O–H groups in total. The third kappa shape index (κ3) is 7.17. The third-order valence-corrected chi connectivity index (χ3v) is 3.86. The highest BCUT2D eigenvalue weighted by molar-refractivity contribution is 14.0. The van der Waals surface area contributed by atoms with E-state index >= 15 is 0 Å². The number of guanidine groups is 1. The second-order valence-corrected chi connectivity index (χ2v) is 5.78. The van der Waals surface area contributed by atoms with Crippen molar-refractivity contribution in [2.24, 2.45) is 12.0 Å². The maximum Gasteiger partial charge on any atom is 0.416 e. The number of hydrogen-bond acceptors (Lipinski definition) is 4. The van der Waals surface area contributed by atoms with Crippen LogP contribution in [-0.2, 0) is 19.8 Å². The van der Waals surface area contributed by atoms with Gasteiger partial charge < -0.3 is 15.4 Å². The minimum absolute atomic E-state index is 0. The molecule has 0 aliphatic heterocycles. The number of halogens is 4. The first-order chi connectivity index (χ1) is 12.8. The predicted molar refractivity (Wildman–Crippen MR) is 111 cm³/mol. The molecule has 0 spiro atoms. The van der Waals surface area contributed by atoms with Gasteiger partial charge in [-0.3, -0.25) is 9.67 Å². The van der Waals surface area contributed by atoms with Crippen LogP contribution in [-0.4, -0.2) is 40.4 Å². The minimum atomic E-state index is -4.40. The maximum atomic E-state index is 12.8. The number of nitrogens with zero attached hydrogens (tertiary/aromatic N) is 4. The number of aliphatic imine (C=N–C) groups is 1. The molecule has 11 heteroatoms. The lowest BCUT2D eigenvalue weighted by molar-refractivity contribution is -0.137. The molecule has 0 bridgehead atoms. The van der Waals surface area contributed by atoms with Gasteiger partial charge in [0.1, 0.15) is 24.0 Å². The van der Waals surface area contributed by atoms with Crippen LogP contribution in [0.1, 0.15) is 24.7 Å². The lowest BCUT2D eigenvalue weighted by Crippen LogP contribution is -2.42. The van der Waals surface area contributed by atoms with Crippen LogP contribution in [0.5, 0.6) is 5.75 Å². The van der Waals surface area contributed by atoms with Crippen molar-refractivity contribution in [3.05, 3.63) is 42.0 Å². The molecule has 0 aliphatic carbocycles. The molecular weight excluding hydrogens is 488 g/mol.